The fraction of sp³-hybridized carbons (Fsp3) is 0.455. The lowest BCUT2D eigenvalue weighted by atomic mass is 10.1. The van der Waals surface area contributed by atoms with Crippen LogP contribution < -0.4 is 4.90 Å². The third-order valence-electron chi connectivity index (χ3n) is 3.11. The SMILES string of the molecule is O=C(O)c1noc2ncnc(N3CCCCC3)c12. The van der Waals surface area contributed by atoms with E-state index < -0.39 is 5.97 Å². The van der Waals surface area contributed by atoms with Crippen molar-refractivity contribution in [3.63, 3.8) is 0 Å². The van der Waals surface area contributed by atoms with Crippen LogP contribution >= 0.6 is 0 Å². The maximum Gasteiger partial charge on any atom is 0.358 e. The molecular weight excluding hydrogens is 236 g/mol. The maximum atomic E-state index is 11.1. The molecule has 7 heteroatoms. The zero-order chi connectivity index (χ0) is 12.5. The highest BCUT2D eigenvalue weighted by atomic mass is 16.5. The van der Waals surface area contributed by atoms with Gasteiger partial charge in [-0.25, -0.2) is 9.78 Å². The number of carboxylic acids is 1. The molecule has 1 N–H and O–H groups in total. The molecule has 1 saturated heterocycles. The number of aromatic nitrogens is 3. The van der Waals surface area contributed by atoms with Crippen LogP contribution in [0.1, 0.15) is 29.8 Å². The molecule has 0 unspecified atom stereocenters. The number of aromatic carboxylic acids is 1. The Bertz CT molecular complexity index is 589. The van der Waals surface area contributed by atoms with Crippen molar-refractivity contribution >= 4 is 22.9 Å². The Morgan fingerprint density at radius 1 is 1.28 bits per heavy atom. The first kappa shape index (κ1) is 10.9. The van der Waals surface area contributed by atoms with Crippen LogP contribution in [0.5, 0.6) is 0 Å². The second-order valence-corrected chi connectivity index (χ2v) is 4.26. The fourth-order valence-electron chi connectivity index (χ4n) is 2.26. The van der Waals surface area contributed by atoms with Crippen molar-refractivity contribution in [2.45, 2.75) is 19.3 Å². The Kier molecular flexibility index (Phi) is 2.58. The van der Waals surface area contributed by atoms with E-state index in [1.165, 1.54) is 12.7 Å². The van der Waals surface area contributed by atoms with Crippen LogP contribution in [0.4, 0.5) is 5.82 Å². The standard InChI is InChI=1S/C11H12N4O3/c16-11(17)8-7-9(15-4-2-1-3-5-15)12-6-13-10(7)18-14-8/h6H,1-5H2,(H,16,17). The third-order valence-corrected chi connectivity index (χ3v) is 3.11. The lowest BCUT2D eigenvalue weighted by Gasteiger charge is -2.27. The minimum absolute atomic E-state index is 0.119. The average molecular weight is 248 g/mol. The van der Waals surface area contributed by atoms with Crippen LogP contribution in [0.2, 0.25) is 0 Å². The number of piperidine rings is 1. The van der Waals surface area contributed by atoms with Gasteiger partial charge in [0.2, 0.25) is 5.69 Å². The first-order chi connectivity index (χ1) is 8.77. The highest BCUT2D eigenvalue weighted by Gasteiger charge is 2.24. The van der Waals surface area contributed by atoms with E-state index in [0.717, 1.165) is 25.9 Å². The summed E-state index contributed by atoms with van der Waals surface area (Å²) in [6, 6.07) is 0. The second-order valence-electron chi connectivity index (χ2n) is 4.26. The summed E-state index contributed by atoms with van der Waals surface area (Å²) in [7, 11) is 0. The largest absolute Gasteiger partial charge is 0.476 e. The smallest absolute Gasteiger partial charge is 0.358 e. The molecule has 0 saturated carbocycles. The number of fused-ring (bicyclic) bond motifs is 1. The molecule has 0 amide bonds. The first-order valence-corrected chi connectivity index (χ1v) is 5.86. The lowest BCUT2D eigenvalue weighted by Crippen LogP contribution is -2.30. The van der Waals surface area contributed by atoms with Gasteiger partial charge < -0.3 is 14.5 Å². The maximum absolute atomic E-state index is 11.1. The summed E-state index contributed by atoms with van der Waals surface area (Å²) in [4.78, 5) is 21.3. The van der Waals surface area contributed by atoms with Crippen LogP contribution in [0.3, 0.4) is 0 Å². The molecule has 1 aliphatic rings. The van der Waals surface area contributed by atoms with Gasteiger partial charge in [-0.15, -0.1) is 0 Å². The summed E-state index contributed by atoms with van der Waals surface area (Å²) in [5.74, 6) is -0.514. The molecule has 1 aliphatic heterocycles. The van der Waals surface area contributed by atoms with Gasteiger partial charge in [-0.3, -0.25) is 0 Å². The van der Waals surface area contributed by atoms with Crippen molar-refractivity contribution < 1.29 is 14.4 Å². The molecule has 3 heterocycles. The zero-order valence-corrected chi connectivity index (χ0v) is 9.67. The normalized spacial score (nSPS) is 16.1. The van der Waals surface area contributed by atoms with Crippen molar-refractivity contribution in [1.82, 2.24) is 15.1 Å². The Morgan fingerprint density at radius 3 is 2.78 bits per heavy atom. The minimum atomic E-state index is -1.12. The highest BCUT2D eigenvalue weighted by Crippen LogP contribution is 2.28. The van der Waals surface area contributed by atoms with Crippen LogP contribution in [0, 0.1) is 0 Å². The summed E-state index contributed by atoms with van der Waals surface area (Å²) in [5.41, 5.74) is 0.106. The molecule has 0 aromatic carbocycles. The van der Waals surface area contributed by atoms with Crippen molar-refractivity contribution in [2.75, 3.05) is 18.0 Å². The first-order valence-electron chi connectivity index (χ1n) is 5.86. The number of hydrogen-bond acceptors (Lipinski definition) is 6. The van der Waals surface area contributed by atoms with Gasteiger partial charge >= 0.3 is 5.97 Å². The molecule has 18 heavy (non-hydrogen) atoms. The monoisotopic (exact) mass is 248 g/mol. The zero-order valence-electron chi connectivity index (χ0n) is 9.67. The summed E-state index contributed by atoms with van der Waals surface area (Å²) in [6.45, 7) is 1.74. The number of anilines is 1. The minimum Gasteiger partial charge on any atom is -0.476 e. The van der Waals surface area contributed by atoms with Gasteiger partial charge in [0.1, 0.15) is 17.5 Å². The summed E-state index contributed by atoms with van der Waals surface area (Å²) in [5, 5.41) is 13.0. The molecular formula is C11H12N4O3. The second kappa shape index (κ2) is 4.25. The molecule has 0 radical (unpaired) electrons. The highest BCUT2D eigenvalue weighted by molar-refractivity contribution is 6.03. The fourth-order valence-corrected chi connectivity index (χ4v) is 2.26. The van der Waals surface area contributed by atoms with E-state index in [1.807, 2.05) is 0 Å². The number of carbonyl (C=O) groups is 1. The number of nitrogens with zero attached hydrogens (tertiary/aromatic N) is 4. The van der Waals surface area contributed by atoms with Crippen molar-refractivity contribution in [2.24, 2.45) is 0 Å². The van der Waals surface area contributed by atoms with E-state index in [2.05, 4.69) is 20.0 Å². The Morgan fingerprint density at radius 2 is 2.06 bits per heavy atom. The van der Waals surface area contributed by atoms with E-state index in [9.17, 15) is 4.79 Å². The van der Waals surface area contributed by atoms with Gasteiger partial charge in [0.15, 0.2) is 0 Å². The van der Waals surface area contributed by atoms with Crippen LogP contribution in [-0.4, -0.2) is 39.3 Å². The molecule has 0 spiro atoms. The van der Waals surface area contributed by atoms with Gasteiger partial charge in [0, 0.05) is 13.1 Å². The van der Waals surface area contributed by atoms with Crippen LogP contribution in [0.15, 0.2) is 10.9 Å². The van der Waals surface area contributed by atoms with Crippen molar-refractivity contribution in [1.29, 1.82) is 0 Å². The van der Waals surface area contributed by atoms with E-state index >= 15 is 0 Å². The number of rotatable bonds is 2. The Labute approximate surface area is 102 Å². The third kappa shape index (κ3) is 1.68. The lowest BCUT2D eigenvalue weighted by molar-refractivity contribution is 0.0688. The number of carboxylic acid groups (broad SMARTS) is 1. The quantitative estimate of drug-likeness (QED) is 0.856. The van der Waals surface area contributed by atoms with Gasteiger partial charge in [0.25, 0.3) is 5.71 Å². The van der Waals surface area contributed by atoms with Crippen molar-refractivity contribution in [3.8, 4) is 0 Å². The van der Waals surface area contributed by atoms with Gasteiger partial charge in [-0.1, -0.05) is 5.16 Å². The van der Waals surface area contributed by atoms with Gasteiger partial charge in [-0.05, 0) is 19.3 Å². The summed E-state index contributed by atoms with van der Waals surface area (Å²) in [6.07, 6.45) is 4.74. The molecule has 3 rings (SSSR count). The van der Waals surface area contributed by atoms with Crippen LogP contribution in [-0.2, 0) is 0 Å². The predicted molar refractivity (Wildman–Crippen MR) is 62.6 cm³/mol. The van der Waals surface area contributed by atoms with E-state index in [1.54, 1.807) is 0 Å². The topological polar surface area (TPSA) is 92.3 Å². The Balaban J connectivity index is 2.15. The number of hydrogen-bond donors (Lipinski definition) is 1. The van der Waals surface area contributed by atoms with E-state index in [4.69, 9.17) is 9.63 Å². The Hall–Kier alpha value is -2.18. The molecule has 2 aromatic heterocycles. The molecule has 2 aromatic rings. The van der Waals surface area contributed by atoms with Crippen LogP contribution in [0.25, 0.3) is 11.1 Å². The van der Waals surface area contributed by atoms with E-state index in [-0.39, 0.29) is 11.4 Å². The van der Waals surface area contributed by atoms with E-state index in [0.29, 0.717) is 11.2 Å². The molecule has 0 aliphatic carbocycles. The molecule has 1 fully saturated rings. The summed E-state index contributed by atoms with van der Waals surface area (Å²) < 4.78 is 4.93. The average Bonchev–Trinajstić information content (AvgIpc) is 2.83. The molecule has 0 bridgehead atoms. The van der Waals surface area contributed by atoms with Gasteiger partial charge in [0.05, 0.1) is 0 Å². The van der Waals surface area contributed by atoms with Crippen molar-refractivity contribution in [3.05, 3.63) is 12.0 Å². The molecule has 0 atom stereocenters. The summed E-state index contributed by atoms with van der Waals surface area (Å²) >= 11 is 0. The molecule has 7 nitrogen and oxygen atoms in total. The van der Waals surface area contributed by atoms with Gasteiger partial charge in [-0.2, -0.15) is 4.98 Å². The predicted octanol–water partition coefficient (Wildman–Crippen LogP) is 1.31. The molecule has 94 valence electrons.